The molecule has 0 radical (unpaired) electrons. The molecule has 0 bridgehead atoms. The Kier molecular flexibility index (Phi) is 4.73. The second-order valence-electron chi connectivity index (χ2n) is 6.19. The Morgan fingerprint density at radius 1 is 0.900 bits per heavy atom. The van der Waals surface area contributed by atoms with Crippen LogP contribution in [0, 0.1) is 0 Å². The Hall–Kier alpha value is -1.31. The van der Waals surface area contributed by atoms with E-state index in [2.05, 4.69) is 35.6 Å². The maximum Gasteiger partial charge on any atom is 0.0965 e. The van der Waals surface area contributed by atoms with Crippen molar-refractivity contribution < 1.29 is 0 Å². The maximum atomic E-state index is 4.78. The molecule has 2 nitrogen and oxygen atoms in total. The van der Waals surface area contributed by atoms with Gasteiger partial charge in [-0.15, -0.1) is 0 Å². The van der Waals surface area contributed by atoms with Crippen LogP contribution in [-0.2, 0) is 0 Å². The van der Waals surface area contributed by atoms with E-state index < -0.39 is 0 Å². The quantitative estimate of drug-likeness (QED) is 0.852. The first-order chi connectivity index (χ1) is 9.93. The maximum absolute atomic E-state index is 4.78. The molecular weight excluding hydrogens is 244 g/mol. The largest absolute Gasteiger partial charge is 0.370 e. The summed E-state index contributed by atoms with van der Waals surface area (Å²) in [5, 5.41) is 3.78. The zero-order valence-electron chi connectivity index (χ0n) is 12.4. The minimum atomic E-state index is 0.593. The Morgan fingerprint density at radius 2 is 1.75 bits per heavy atom. The molecule has 0 spiro atoms. The standard InChI is InChI=1S/C18H26N2/c1-2-7-14-19-18(13-6-1)20-17-12-8-11-16(17)15-9-4-3-5-10-15/h3-5,9-10,16-17H,1-2,6-8,11-14H2,(H,19,20)/t16-,17-/m1/s1. The normalized spacial score (nSPS) is 27.5. The molecule has 0 amide bonds. The monoisotopic (exact) mass is 270 g/mol. The van der Waals surface area contributed by atoms with E-state index >= 15 is 0 Å². The molecule has 1 saturated carbocycles. The van der Waals surface area contributed by atoms with Crippen LogP contribution in [-0.4, -0.2) is 18.4 Å². The summed E-state index contributed by atoms with van der Waals surface area (Å²) >= 11 is 0. The number of amidine groups is 1. The molecule has 1 aliphatic heterocycles. The van der Waals surface area contributed by atoms with Gasteiger partial charge in [0.1, 0.15) is 0 Å². The summed E-state index contributed by atoms with van der Waals surface area (Å²) < 4.78 is 0. The van der Waals surface area contributed by atoms with Crippen LogP contribution in [0.4, 0.5) is 0 Å². The van der Waals surface area contributed by atoms with Crippen molar-refractivity contribution in [2.45, 2.75) is 63.3 Å². The summed E-state index contributed by atoms with van der Waals surface area (Å²) in [4.78, 5) is 4.78. The Bertz CT molecular complexity index is 438. The second-order valence-corrected chi connectivity index (χ2v) is 6.19. The molecule has 1 N–H and O–H groups in total. The predicted molar refractivity (Wildman–Crippen MR) is 85.3 cm³/mol. The van der Waals surface area contributed by atoms with Gasteiger partial charge in [-0.1, -0.05) is 49.6 Å². The lowest BCUT2D eigenvalue weighted by Crippen LogP contribution is -2.37. The van der Waals surface area contributed by atoms with Crippen molar-refractivity contribution in [1.29, 1.82) is 0 Å². The fraction of sp³-hybridized carbons (Fsp3) is 0.611. The van der Waals surface area contributed by atoms with Gasteiger partial charge in [-0.05, 0) is 31.2 Å². The van der Waals surface area contributed by atoms with E-state index in [4.69, 9.17) is 4.99 Å². The molecule has 1 aromatic rings. The number of hydrogen-bond donors (Lipinski definition) is 1. The number of hydrogen-bond acceptors (Lipinski definition) is 2. The van der Waals surface area contributed by atoms with Crippen molar-refractivity contribution >= 4 is 5.84 Å². The van der Waals surface area contributed by atoms with E-state index in [0.717, 1.165) is 13.0 Å². The summed E-state index contributed by atoms with van der Waals surface area (Å²) in [5.41, 5.74) is 1.49. The molecule has 1 aliphatic carbocycles. The van der Waals surface area contributed by atoms with Crippen LogP contribution in [0.1, 0.15) is 62.8 Å². The van der Waals surface area contributed by atoms with Crippen LogP contribution < -0.4 is 5.32 Å². The minimum Gasteiger partial charge on any atom is -0.370 e. The van der Waals surface area contributed by atoms with Crippen molar-refractivity contribution in [3.05, 3.63) is 35.9 Å². The van der Waals surface area contributed by atoms with E-state index in [1.165, 1.54) is 56.3 Å². The van der Waals surface area contributed by atoms with E-state index in [1.54, 1.807) is 0 Å². The Balaban J connectivity index is 1.66. The molecule has 20 heavy (non-hydrogen) atoms. The van der Waals surface area contributed by atoms with Crippen molar-refractivity contribution in [1.82, 2.24) is 5.32 Å². The van der Waals surface area contributed by atoms with Crippen LogP contribution in [0.5, 0.6) is 0 Å². The first kappa shape index (κ1) is 13.7. The molecule has 0 unspecified atom stereocenters. The summed E-state index contributed by atoms with van der Waals surface area (Å²) in [7, 11) is 0. The lowest BCUT2D eigenvalue weighted by Gasteiger charge is -2.24. The fourth-order valence-corrected chi connectivity index (χ4v) is 3.61. The van der Waals surface area contributed by atoms with Crippen LogP contribution in [0.3, 0.4) is 0 Å². The third kappa shape index (κ3) is 3.41. The Morgan fingerprint density at radius 3 is 2.65 bits per heavy atom. The molecule has 1 aromatic carbocycles. The van der Waals surface area contributed by atoms with Gasteiger partial charge < -0.3 is 5.32 Å². The van der Waals surface area contributed by atoms with Gasteiger partial charge in [0.15, 0.2) is 0 Å². The smallest absolute Gasteiger partial charge is 0.0965 e. The molecule has 2 heteroatoms. The lowest BCUT2D eigenvalue weighted by atomic mass is 9.94. The van der Waals surface area contributed by atoms with E-state index in [-0.39, 0.29) is 0 Å². The van der Waals surface area contributed by atoms with Gasteiger partial charge in [-0.2, -0.15) is 0 Å². The molecule has 2 atom stereocenters. The fourth-order valence-electron chi connectivity index (χ4n) is 3.61. The molecule has 0 aromatic heterocycles. The van der Waals surface area contributed by atoms with E-state index in [1.807, 2.05) is 0 Å². The van der Waals surface area contributed by atoms with Gasteiger partial charge in [-0.25, -0.2) is 0 Å². The van der Waals surface area contributed by atoms with Gasteiger partial charge in [0.2, 0.25) is 0 Å². The minimum absolute atomic E-state index is 0.593. The van der Waals surface area contributed by atoms with Crippen molar-refractivity contribution in [2.24, 2.45) is 4.99 Å². The topological polar surface area (TPSA) is 24.4 Å². The molecule has 0 saturated heterocycles. The van der Waals surface area contributed by atoms with Gasteiger partial charge in [0, 0.05) is 24.9 Å². The number of rotatable bonds is 2. The number of nitrogens with one attached hydrogen (secondary N) is 1. The zero-order valence-corrected chi connectivity index (χ0v) is 12.4. The van der Waals surface area contributed by atoms with Crippen LogP contribution in [0.15, 0.2) is 35.3 Å². The predicted octanol–water partition coefficient (Wildman–Crippen LogP) is 4.27. The summed E-state index contributed by atoms with van der Waals surface area (Å²) in [6, 6.07) is 11.6. The first-order valence-electron chi connectivity index (χ1n) is 8.28. The SMILES string of the molecule is c1ccc([C@H]2CCC[C@H]2NC2=NCCCCCC2)cc1. The molecule has 2 aliphatic rings. The van der Waals surface area contributed by atoms with Gasteiger partial charge in [-0.3, -0.25) is 4.99 Å². The Labute approximate surface area is 122 Å². The highest BCUT2D eigenvalue weighted by Crippen LogP contribution is 2.34. The van der Waals surface area contributed by atoms with Gasteiger partial charge in [0.05, 0.1) is 5.84 Å². The lowest BCUT2D eigenvalue weighted by molar-refractivity contribution is 0.544. The van der Waals surface area contributed by atoms with Crippen molar-refractivity contribution in [3.8, 4) is 0 Å². The van der Waals surface area contributed by atoms with Crippen molar-refractivity contribution in [3.63, 3.8) is 0 Å². The van der Waals surface area contributed by atoms with Crippen LogP contribution >= 0.6 is 0 Å². The first-order valence-corrected chi connectivity index (χ1v) is 8.28. The van der Waals surface area contributed by atoms with Gasteiger partial charge in [0.25, 0.3) is 0 Å². The highest BCUT2D eigenvalue weighted by molar-refractivity contribution is 5.82. The van der Waals surface area contributed by atoms with Crippen LogP contribution in [0.25, 0.3) is 0 Å². The number of aliphatic imine (C=N–C) groups is 1. The highest BCUT2D eigenvalue weighted by Gasteiger charge is 2.29. The summed E-state index contributed by atoms with van der Waals surface area (Å²) in [6.07, 6.45) is 10.4. The molecule has 108 valence electrons. The second kappa shape index (κ2) is 6.92. The van der Waals surface area contributed by atoms with E-state index in [9.17, 15) is 0 Å². The average molecular weight is 270 g/mol. The molecular formula is C18H26N2. The molecule has 3 rings (SSSR count). The molecule has 1 fully saturated rings. The van der Waals surface area contributed by atoms with Crippen LogP contribution in [0.2, 0.25) is 0 Å². The number of benzene rings is 1. The average Bonchev–Trinajstić information content (AvgIpc) is 2.91. The summed E-state index contributed by atoms with van der Waals surface area (Å²) in [5.74, 6) is 1.95. The van der Waals surface area contributed by atoms with E-state index in [0.29, 0.717) is 12.0 Å². The van der Waals surface area contributed by atoms with Gasteiger partial charge >= 0.3 is 0 Å². The highest BCUT2D eigenvalue weighted by atomic mass is 15.0. The molecule has 1 heterocycles. The number of nitrogens with zero attached hydrogens (tertiary/aromatic N) is 1. The zero-order chi connectivity index (χ0) is 13.6. The van der Waals surface area contributed by atoms with Crippen molar-refractivity contribution in [2.75, 3.05) is 6.54 Å². The third-order valence-electron chi connectivity index (χ3n) is 4.72. The summed E-state index contributed by atoms with van der Waals surface area (Å²) in [6.45, 7) is 1.02. The third-order valence-corrected chi connectivity index (χ3v) is 4.72.